The molecule has 0 radical (unpaired) electrons. The predicted molar refractivity (Wildman–Crippen MR) is 87.8 cm³/mol. The summed E-state index contributed by atoms with van der Waals surface area (Å²) in [5.41, 5.74) is 0.252. The van der Waals surface area contributed by atoms with E-state index in [9.17, 15) is 0 Å². The van der Waals surface area contributed by atoms with Crippen molar-refractivity contribution >= 4 is 0 Å². The van der Waals surface area contributed by atoms with E-state index in [0.29, 0.717) is 6.04 Å². The Balaban J connectivity index is 4.06. The van der Waals surface area contributed by atoms with Crippen LogP contribution in [0.2, 0.25) is 0 Å². The fourth-order valence-corrected chi connectivity index (χ4v) is 2.48. The molecule has 0 aliphatic carbocycles. The van der Waals surface area contributed by atoms with E-state index in [1.807, 2.05) is 0 Å². The molecule has 2 heteroatoms. The number of nitrogens with zero attached hydrogens (tertiary/aromatic N) is 1. The first-order chi connectivity index (χ1) is 8.81. The molecule has 19 heavy (non-hydrogen) atoms. The third kappa shape index (κ3) is 9.45. The molecule has 1 N–H and O–H groups in total. The minimum absolute atomic E-state index is 0.252. The van der Waals surface area contributed by atoms with Crippen LogP contribution < -0.4 is 5.32 Å². The molecule has 2 atom stereocenters. The average molecular weight is 271 g/mol. The normalized spacial score (nSPS) is 15.8. The van der Waals surface area contributed by atoms with Gasteiger partial charge in [0.25, 0.3) is 0 Å². The van der Waals surface area contributed by atoms with Crippen molar-refractivity contribution in [3.8, 4) is 0 Å². The van der Waals surface area contributed by atoms with E-state index in [0.717, 1.165) is 12.6 Å². The zero-order valence-corrected chi connectivity index (χ0v) is 14.6. The molecule has 0 saturated carbocycles. The summed E-state index contributed by atoms with van der Waals surface area (Å²) in [7, 11) is 0. The Morgan fingerprint density at radius 2 is 1.63 bits per heavy atom. The molecule has 0 aromatic heterocycles. The number of hydrogen-bond acceptors (Lipinski definition) is 2. The van der Waals surface area contributed by atoms with Crippen LogP contribution in [0.3, 0.4) is 0 Å². The molecule has 0 bridgehead atoms. The summed E-state index contributed by atoms with van der Waals surface area (Å²) in [6, 6.07) is 1.43. The van der Waals surface area contributed by atoms with E-state index < -0.39 is 0 Å². The standard InChI is InChI=1S/C17H38N2/c1-8-10-14-19(15(3)9-2)16(4)12-11-13-18-17(5,6)7/h15-16,18H,8-14H2,1-7H3. The van der Waals surface area contributed by atoms with Gasteiger partial charge in [0.05, 0.1) is 0 Å². The minimum Gasteiger partial charge on any atom is -0.312 e. The molecule has 2 unspecified atom stereocenters. The second-order valence-corrected chi connectivity index (χ2v) is 7.02. The van der Waals surface area contributed by atoms with Gasteiger partial charge in [0, 0.05) is 17.6 Å². The van der Waals surface area contributed by atoms with Crippen molar-refractivity contribution < 1.29 is 0 Å². The van der Waals surface area contributed by atoms with Gasteiger partial charge >= 0.3 is 0 Å². The van der Waals surface area contributed by atoms with E-state index in [1.165, 1.54) is 38.6 Å². The maximum atomic E-state index is 3.58. The molecule has 0 fully saturated rings. The summed E-state index contributed by atoms with van der Waals surface area (Å²) in [6.07, 6.45) is 6.46. The lowest BCUT2D eigenvalue weighted by molar-refractivity contribution is 0.138. The highest BCUT2D eigenvalue weighted by molar-refractivity contribution is 4.75. The quantitative estimate of drug-likeness (QED) is 0.590. The van der Waals surface area contributed by atoms with Crippen molar-refractivity contribution in [2.45, 2.75) is 98.2 Å². The highest BCUT2D eigenvalue weighted by Crippen LogP contribution is 2.14. The monoisotopic (exact) mass is 270 g/mol. The summed E-state index contributed by atoms with van der Waals surface area (Å²) in [4.78, 5) is 2.71. The molecule has 0 rings (SSSR count). The van der Waals surface area contributed by atoms with Gasteiger partial charge in [0.2, 0.25) is 0 Å². The van der Waals surface area contributed by atoms with Crippen LogP contribution in [0, 0.1) is 0 Å². The van der Waals surface area contributed by atoms with Gasteiger partial charge in [-0.3, -0.25) is 4.90 Å². The van der Waals surface area contributed by atoms with Gasteiger partial charge in [-0.1, -0.05) is 20.3 Å². The van der Waals surface area contributed by atoms with Gasteiger partial charge in [0.1, 0.15) is 0 Å². The van der Waals surface area contributed by atoms with E-state index in [2.05, 4.69) is 58.7 Å². The lowest BCUT2D eigenvalue weighted by Gasteiger charge is -2.34. The first-order valence-electron chi connectivity index (χ1n) is 8.32. The van der Waals surface area contributed by atoms with Crippen LogP contribution >= 0.6 is 0 Å². The van der Waals surface area contributed by atoms with Crippen LogP contribution in [0.25, 0.3) is 0 Å². The fraction of sp³-hybridized carbons (Fsp3) is 1.00. The Morgan fingerprint density at radius 1 is 1.00 bits per heavy atom. The van der Waals surface area contributed by atoms with Gasteiger partial charge in [-0.15, -0.1) is 0 Å². The van der Waals surface area contributed by atoms with Crippen molar-refractivity contribution in [1.82, 2.24) is 10.2 Å². The zero-order valence-electron chi connectivity index (χ0n) is 14.6. The largest absolute Gasteiger partial charge is 0.312 e. The maximum absolute atomic E-state index is 3.58. The van der Waals surface area contributed by atoms with Crippen molar-refractivity contribution in [3.63, 3.8) is 0 Å². The van der Waals surface area contributed by atoms with Crippen molar-refractivity contribution in [2.24, 2.45) is 0 Å². The lowest BCUT2D eigenvalue weighted by atomic mass is 10.1. The highest BCUT2D eigenvalue weighted by Gasteiger charge is 2.18. The smallest absolute Gasteiger partial charge is 0.00965 e. The molecular weight excluding hydrogens is 232 g/mol. The number of hydrogen-bond donors (Lipinski definition) is 1. The molecule has 0 aliphatic rings. The summed E-state index contributed by atoms with van der Waals surface area (Å²) in [5.74, 6) is 0. The Labute approximate surface area is 122 Å². The molecule has 0 saturated heterocycles. The van der Waals surface area contributed by atoms with Crippen LogP contribution in [-0.2, 0) is 0 Å². The molecular formula is C17H38N2. The second kappa shape index (κ2) is 9.77. The Bertz CT molecular complexity index is 208. The van der Waals surface area contributed by atoms with Crippen LogP contribution in [-0.4, -0.2) is 35.6 Å². The molecule has 0 amide bonds. The molecule has 116 valence electrons. The van der Waals surface area contributed by atoms with Crippen LogP contribution in [0.15, 0.2) is 0 Å². The maximum Gasteiger partial charge on any atom is 0.00965 e. The second-order valence-electron chi connectivity index (χ2n) is 7.02. The molecule has 0 spiro atoms. The molecule has 0 aromatic rings. The Hall–Kier alpha value is -0.0800. The summed E-state index contributed by atoms with van der Waals surface area (Å²) < 4.78 is 0. The van der Waals surface area contributed by atoms with E-state index in [1.54, 1.807) is 0 Å². The third-order valence-corrected chi connectivity index (χ3v) is 3.95. The first-order valence-corrected chi connectivity index (χ1v) is 8.32. The number of nitrogens with one attached hydrogen (secondary N) is 1. The predicted octanol–water partition coefficient (Wildman–Crippen LogP) is 4.44. The fourth-order valence-electron chi connectivity index (χ4n) is 2.48. The van der Waals surface area contributed by atoms with Crippen molar-refractivity contribution in [2.75, 3.05) is 13.1 Å². The SMILES string of the molecule is CCCCN(C(C)CC)C(C)CCCNC(C)(C)C. The Morgan fingerprint density at radius 3 is 2.11 bits per heavy atom. The zero-order chi connectivity index (χ0) is 14.9. The summed E-state index contributed by atoms with van der Waals surface area (Å²) in [5, 5.41) is 3.58. The van der Waals surface area contributed by atoms with E-state index >= 15 is 0 Å². The van der Waals surface area contributed by atoms with E-state index in [4.69, 9.17) is 0 Å². The van der Waals surface area contributed by atoms with Gasteiger partial charge < -0.3 is 5.32 Å². The van der Waals surface area contributed by atoms with Gasteiger partial charge in [-0.05, 0) is 73.4 Å². The van der Waals surface area contributed by atoms with E-state index in [-0.39, 0.29) is 5.54 Å². The summed E-state index contributed by atoms with van der Waals surface area (Å²) in [6.45, 7) is 18.5. The molecule has 0 aliphatic heterocycles. The number of unbranched alkanes of at least 4 members (excludes halogenated alkanes) is 1. The molecule has 2 nitrogen and oxygen atoms in total. The minimum atomic E-state index is 0.252. The van der Waals surface area contributed by atoms with Crippen LogP contribution in [0.5, 0.6) is 0 Å². The van der Waals surface area contributed by atoms with Crippen LogP contribution in [0.1, 0.15) is 80.6 Å². The van der Waals surface area contributed by atoms with Crippen molar-refractivity contribution in [1.29, 1.82) is 0 Å². The topological polar surface area (TPSA) is 15.3 Å². The van der Waals surface area contributed by atoms with Gasteiger partial charge in [0.15, 0.2) is 0 Å². The van der Waals surface area contributed by atoms with Crippen molar-refractivity contribution in [3.05, 3.63) is 0 Å². The number of rotatable bonds is 10. The first kappa shape index (κ1) is 18.9. The Kier molecular flexibility index (Phi) is 9.72. The molecule has 0 aromatic carbocycles. The highest BCUT2D eigenvalue weighted by atomic mass is 15.2. The lowest BCUT2D eigenvalue weighted by Crippen LogP contribution is -2.41. The van der Waals surface area contributed by atoms with Crippen LogP contribution in [0.4, 0.5) is 0 Å². The molecule has 0 heterocycles. The third-order valence-electron chi connectivity index (χ3n) is 3.95. The van der Waals surface area contributed by atoms with Gasteiger partial charge in [-0.25, -0.2) is 0 Å². The average Bonchev–Trinajstić information content (AvgIpc) is 2.33. The summed E-state index contributed by atoms with van der Waals surface area (Å²) >= 11 is 0. The van der Waals surface area contributed by atoms with Gasteiger partial charge in [-0.2, -0.15) is 0 Å².